The second-order valence-electron chi connectivity index (χ2n) is 5.26. The van der Waals surface area contributed by atoms with Gasteiger partial charge in [0.15, 0.2) is 5.76 Å². The largest absolute Gasteiger partial charge is 0.454 e. The number of aliphatic hydroxyl groups excluding tert-OH is 1. The van der Waals surface area contributed by atoms with Gasteiger partial charge >= 0.3 is 0 Å². The van der Waals surface area contributed by atoms with E-state index >= 15 is 0 Å². The fraction of sp³-hybridized carbons (Fsp3) is 0.176. The second kappa shape index (κ2) is 7.33. The normalized spacial score (nSPS) is 12.1. The number of halogens is 1. The Morgan fingerprint density at radius 2 is 2.08 bits per heavy atom. The van der Waals surface area contributed by atoms with E-state index in [1.165, 1.54) is 6.20 Å². The van der Waals surface area contributed by atoms with Crippen LogP contribution >= 0.6 is 11.6 Å². The molecule has 0 saturated heterocycles. The van der Waals surface area contributed by atoms with Crippen LogP contribution in [0.5, 0.6) is 0 Å². The predicted octanol–water partition coefficient (Wildman–Crippen LogP) is 2.64. The molecule has 1 aromatic carbocycles. The predicted molar refractivity (Wildman–Crippen MR) is 88.8 cm³/mol. The lowest BCUT2D eigenvalue weighted by Crippen LogP contribution is -2.28. The number of hydrogen-bond acceptors (Lipinski definition) is 4. The van der Waals surface area contributed by atoms with E-state index in [0.717, 1.165) is 5.56 Å². The zero-order valence-electron chi connectivity index (χ0n) is 12.7. The van der Waals surface area contributed by atoms with Gasteiger partial charge in [0.05, 0.1) is 23.9 Å². The van der Waals surface area contributed by atoms with Crippen molar-refractivity contribution in [2.45, 2.75) is 12.6 Å². The Labute approximate surface area is 143 Å². The molecule has 3 rings (SSSR count). The van der Waals surface area contributed by atoms with Crippen LogP contribution < -0.4 is 5.32 Å². The summed E-state index contributed by atoms with van der Waals surface area (Å²) in [5.41, 5.74) is 0.744. The lowest BCUT2D eigenvalue weighted by Gasteiger charge is -2.11. The van der Waals surface area contributed by atoms with Crippen LogP contribution in [-0.2, 0) is 6.54 Å². The van der Waals surface area contributed by atoms with Crippen LogP contribution in [0.2, 0.25) is 5.02 Å². The summed E-state index contributed by atoms with van der Waals surface area (Å²) >= 11 is 5.80. The lowest BCUT2D eigenvalue weighted by molar-refractivity contribution is 0.0887. The molecule has 0 saturated carbocycles. The summed E-state index contributed by atoms with van der Waals surface area (Å²) in [5, 5.41) is 17.3. The topological polar surface area (TPSA) is 80.3 Å². The van der Waals surface area contributed by atoms with Crippen LogP contribution in [0.1, 0.15) is 28.0 Å². The standard InChI is InChI=1S/C17H16ClN3O3/c18-13-8-20-21(10-13)11-14-6-7-16(24-14)17(23)19-9-15(22)12-4-2-1-3-5-12/h1-8,10,15,22H,9,11H2,(H,19,23)/t15-/m1/s1. The van der Waals surface area contributed by atoms with Gasteiger partial charge in [-0.1, -0.05) is 41.9 Å². The van der Waals surface area contributed by atoms with E-state index < -0.39 is 6.10 Å². The summed E-state index contributed by atoms with van der Waals surface area (Å²) in [6, 6.07) is 12.4. The molecule has 0 spiro atoms. The Hall–Kier alpha value is -2.57. The smallest absolute Gasteiger partial charge is 0.287 e. The van der Waals surface area contributed by atoms with Crippen molar-refractivity contribution >= 4 is 17.5 Å². The fourth-order valence-corrected chi connectivity index (χ4v) is 2.40. The highest BCUT2D eigenvalue weighted by Gasteiger charge is 2.14. The summed E-state index contributed by atoms with van der Waals surface area (Å²) in [6.45, 7) is 0.486. The molecule has 0 bridgehead atoms. The van der Waals surface area contributed by atoms with Gasteiger partial charge in [-0.05, 0) is 17.7 Å². The summed E-state index contributed by atoms with van der Waals surface area (Å²) in [4.78, 5) is 12.1. The number of aliphatic hydroxyl groups is 1. The minimum Gasteiger partial charge on any atom is -0.454 e. The Bertz CT molecular complexity index is 813. The molecule has 2 heterocycles. The molecule has 1 amide bonds. The number of nitrogens with zero attached hydrogens (tertiary/aromatic N) is 2. The SMILES string of the molecule is O=C(NC[C@@H](O)c1ccccc1)c1ccc(Cn2cc(Cl)cn2)o1. The number of carbonyl (C=O) groups excluding carboxylic acids is 1. The van der Waals surface area contributed by atoms with Gasteiger partial charge < -0.3 is 14.8 Å². The highest BCUT2D eigenvalue weighted by molar-refractivity contribution is 6.30. The molecule has 7 heteroatoms. The molecule has 124 valence electrons. The summed E-state index contributed by atoms with van der Waals surface area (Å²) in [6.07, 6.45) is 2.43. The maximum absolute atomic E-state index is 12.1. The van der Waals surface area contributed by atoms with E-state index in [4.69, 9.17) is 16.0 Å². The fourth-order valence-electron chi connectivity index (χ4n) is 2.24. The molecule has 6 nitrogen and oxygen atoms in total. The van der Waals surface area contributed by atoms with Crippen molar-refractivity contribution in [2.24, 2.45) is 0 Å². The van der Waals surface area contributed by atoms with Crippen molar-refractivity contribution < 1.29 is 14.3 Å². The van der Waals surface area contributed by atoms with E-state index in [0.29, 0.717) is 17.3 Å². The third kappa shape index (κ3) is 4.04. The van der Waals surface area contributed by atoms with Crippen LogP contribution in [0.15, 0.2) is 59.3 Å². The number of furan rings is 1. The van der Waals surface area contributed by atoms with Gasteiger partial charge in [0, 0.05) is 12.7 Å². The Kier molecular flexibility index (Phi) is 4.98. The number of rotatable bonds is 6. The zero-order valence-corrected chi connectivity index (χ0v) is 13.5. The van der Waals surface area contributed by atoms with Crippen LogP contribution in [0.4, 0.5) is 0 Å². The molecule has 2 N–H and O–H groups in total. The van der Waals surface area contributed by atoms with Crippen molar-refractivity contribution in [3.8, 4) is 0 Å². The quantitative estimate of drug-likeness (QED) is 0.719. The Balaban J connectivity index is 1.56. The molecule has 1 atom stereocenters. The first-order valence-electron chi connectivity index (χ1n) is 7.39. The molecule has 0 aliphatic carbocycles. The van der Waals surface area contributed by atoms with E-state index in [2.05, 4.69) is 10.4 Å². The minimum absolute atomic E-state index is 0.105. The molecule has 0 aliphatic rings. The molecule has 2 aromatic heterocycles. The first-order chi connectivity index (χ1) is 11.6. The third-order valence-corrected chi connectivity index (χ3v) is 3.64. The zero-order chi connectivity index (χ0) is 16.9. The molecule has 0 radical (unpaired) electrons. The van der Waals surface area contributed by atoms with Crippen LogP contribution in [0.3, 0.4) is 0 Å². The number of aromatic nitrogens is 2. The van der Waals surface area contributed by atoms with Gasteiger partial charge in [-0.15, -0.1) is 0 Å². The Morgan fingerprint density at radius 1 is 1.29 bits per heavy atom. The van der Waals surface area contributed by atoms with Gasteiger partial charge in [0.25, 0.3) is 5.91 Å². The van der Waals surface area contributed by atoms with Gasteiger partial charge in [-0.25, -0.2) is 0 Å². The number of hydrogen-bond donors (Lipinski definition) is 2. The Morgan fingerprint density at radius 3 is 2.79 bits per heavy atom. The highest BCUT2D eigenvalue weighted by Crippen LogP contribution is 2.13. The number of benzene rings is 1. The molecular weight excluding hydrogens is 330 g/mol. The second-order valence-corrected chi connectivity index (χ2v) is 5.70. The van der Waals surface area contributed by atoms with Gasteiger partial charge in [-0.3, -0.25) is 9.48 Å². The molecule has 3 aromatic rings. The average molecular weight is 346 g/mol. The van der Waals surface area contributed by atoms with E-state index in [1.807, 2.05) is 18.2 Å². The minimum atomic E-state index is -0.768. The first-order valence-corrected chi connectivity index (χ1v) is 7.77. The van der Waals surface area contributed by atoms with Crippen molar-refractivity contribution in [1.29, 1.82) is 0 Å². The van der Waals surface area contributed by atoms with Gasteiger partial charge in [-0.2, -0.15) is 5.10 Å². The summed E-state index contributed by atoms with van der Waals surface area (Å²) in [5.74, 6) is 0.391. The van der Waals surface area contributed by atoms with E-state index in [-0.39, 0.29) is 18.2 Å². The maximum Gasteiger partial charge on any atom is 0.287 e. The molecule has 0 aliphatic heterocycles. The maximum atomic E-state index is 12.1. The van der Waals surface area contributed by atoms with Crippen molar-refractivity contribution in [1.82, 2.24) is 15.1 Å². The summed E-state index contributed by atoms with van der Waals surface area (Å²) < 4.78 is 7.11. The molecule has 0 fully saturated rings. The average Bonchev–Trinajstić information content (AvgIpc) is 3.22. The third-order valence-electron chi connectivity index (χ3n) is 3.45. The highest BCUT2D eigenvalue weighted by atomic mass is 35.5. The van der Waals surface area contributed by atoms with Crippen molar-refractivity contribution in [3.63, 3.8) is 0 Å². The van der Waals surface area contributed by atoms with Crippen LogP contribution in [-0.4, -0.2) is 27.3 Å². The number of carbonyl (C=O) groups is 1. The van der Waals surface area contributed by atoms with Gasteiger partial charge in [0.1, 0.15) is 5.76 Å². The van der Waals surface area contributed by atoms with Crippen molar-refractivity contribution in [3.05, 3.63) is 77.0 Å². The molecular formula is C17H16ClN3O3. The number of amides is 1. The first kappa shape index (κ1) is 16.3. The molecule has 0 unspecified atom stereocenters. The lowest BCUT2D eigenvalue weighted by atomic mass is 10.1. The van der Waals surface area contributed by atoms with Gasteiger partial charge in [0.2, 0.25) is 0 Å². The van der Waals surface area contributed by atoms with E-state index in [9.17, 15) is 9.90 Å². The van der Waals surface area contributed by atoms with Crippen LogP contribution in [0, 0.1) is 0 Å². The van der Waals surface area contributed by atoms with Crippen LogP contribution in [0.25, 0.3) is 0 Å². The van der Waals surface area contributed by atoms with Crippen molar-refractivity contribution in [2.75, 3.05) is 6.54 Å². The molecule has 24 heavy (non-hydrogen) atoms. The monoisotopic (exact) mass is 345 g/mol. The van der Waals surface area contributed by atoms with E-state index in [1.54, 1.807) is 35.1 Å². The summed E-state index contributed by atoms with van der Waals surface area (Å²) in [7, 11) is 0. The number of nitrogens with one attached hydrogen (secondary N) is 1.